The van der Waals surface area contributed by atoms with Crippen LogP contribution in [0.5, 0.6) is 0 Å². The highest BCUT2D eigenvalue weighted by Crippen LogP contribution is 2.20. The summed E-state index contributed by atoms with van der Waals surface area (Å²) >= 11 is 0. The van der Waals surface area contributed by atoms with Gasteiger partial charge in [0.15, 0.2) is 0 Å². The summed E-state index contributed by atoms with van der Waals surface area (Å²) in [6.45, 7) is 2.73. The third kappa shape index (κ3) is 3.01. The summed E-state index contributed by atoms with van der Waals surface area (Å²) in [6, 6.07) is 8.73. The molecule has 3 rings (SSSR count). The van der Waals surface area contributed by atoms with E-state index in [1.165, 1.54) is 31.2 Å². The van der Waals surface area contributed by atoms with Crippen LogP contribution in [0.25, 0.3) is 11.5 Å². The van der Waals surface area contributed by atoms with Crippen LogP contribution in [0.4, 0.5) is 0 Å². The van der Waals surface area contributed by atoms with Gasteiger partial charge in [-0.3, -0.25) is 0 Å². The van der Waals surface area contributed by atoms with E-state index in [2.05, 4.69) is 34.6 Å². The van der Waals surface area contributed by atoms with Gasteiger partial charge in [0.05, 0.1) is 6.54 Å². The smallest absolute Gasteiger partial charge is 0.247 e. The molecular weight excluding hydrogens is 238 g/mol. The van der Waals surface area contributed by atoms with Crippen LogP contribution in [0.15, 0.2) is 28.7 Å². The van der Waals surface area contributed by atoms with Crippen molar-refractivity contribution in [3.05, 3.63) is 35.7 Å². The number of hydrogen-bond acceptors (Lipinski definition) is 4. The molecule has 1 heterocycles. The van der Waals surface area contributed by atoms with Crippen molar-refractivity contribution in [3.8, 4) is 11.5 Å². The first-order chi connectivity index (χ1) is 9.31. The molecule has 0 aliphatic heterocycles. The Morgan fingerprint density at radius 2 is 2.11 bits per heavy atom. The first-order valence-electron chi connectivity index (χ1n) is 6.94. The number of benzene rings is 1. The van der Waals surface area contributed by atoms with Gasteiger partial charge in [-0.2, -0.15) is 0 Å². The van der Waals surface area contributed by atoms with Crippen LogP contribution in [-0.4, -0.2) is 16.2 Å². The average molecular weight is 257 g/mol. The number of aryl methyl sites for hydroxylation is 1. The second-order valence-corrected chi connectivity index (χ2v) is 5.23. The fourth-order valence-electron chi connectivity index (χ4n) is 2.58. The lowest BCUT2D eigenvalue weighted by atomic mass is 10.1. The second kappa shape index (κ2) is 5.53. The van der Waals surface area contributed by atoms with E-state index in [9.17, 15) is 0 Å². The van der Waals surface area contributed by atoms with Gasteiger partial charge in [0, 0.05) is 11.6 Å². The SMILES string of the molecule is Cc1cccc(-c2nnc(CNC3CCCC3)o2)c1. The zero-order chi connectivity index (χ0) is 13.1. The number of aromatic nitrogens is 2. The molecule has 0 radical (unpaired) electrons. The second-order valence-electron chi connectivity index (χ2n) is 5.23. The summed E-state index contributed by atoms with van der Waals surface area (Å²) < 4.78 is 5.70. The van der Waals surface area contributed by atoms with E-state index < -0.39 is 0 Å². The van der Waals surface area contributed by atoms with E-state index in [4.69, 9.17) is 4.42 Å². The highest BCUT2D eigenvalue weighted by molar-refractivity contribution is 5.53. The molecule has 0 saturated heterocycles. The predicted molar refractivity (Wildman–Crippen MR) is 73.6 cm³/mol. The summed E-state index contributed by atoms with van der Waals surface area (Å²) in [5.41, 5.74) is 2.18. The Balaban J connectivity index is 1.65. The minimum absolute atomic E-state index is 0.604. The molecule has 1 aliphatic carbocycles. The summed E-state index contributed by atoms with van der Waals surface area (Å²) in [7, 11) is 0. The topological polar surface area (TPSA) is 51.0 Å². The monoisotopic (exact) mass is 257 g/mol. The van der Waals surface area contributed by atoms with Crippen molar-refractivity contribution in [2.75, 3.05) is 0 Å². The summed E-state index contributed by atoms with van der Waals surface area (Å²) in [4.78, 5) is 0. The molecule has 1 aromatic heterocycles. The molecule has 0 unspecified atom stereocenters. The summed E-state index contributed by atoms with van der Waals surface area (Å²) in [5, 5.41) is 11.7. The van der Waals surface area contributed by atoms with E-state index in [-0.39, 0.29) is 0 Å². The Morgan fingerprint density at radius 3 is 2.89 bits per heavy atom. The van der Waals surface area contributed by atoms with Crippen molar-refractivity contribution in [1.29, 1.82) is 0 Å². The first kappa shape index (κ1) is 12.4. The fourth-order valence-corrected chi connectivity index (χ4v) is 2.58. The zero-order valence-electron chi connectivity index (χ0n) is 11.2. The van der Waals surface area contributed by atoms with Gasteiger partial charge >= 0.3 is 0 Å². The zero-order valence-corrected chi connectivity index (χ0v) is 11.2. The summed E-state index contributed by atoms with van der Waals surface area (Å²) in [5.74, 6) is 1.27. The van der Waals surface area contributed by atoms with Crippen molar-refractivity contribution in [1.82, 2.24) is 15.5 Å². The predicted octanol–water partition coefficient (Wildman–Crippen LogP) is 3.08. The molecule has 0 spiro atoms. The number of nitrogens with one attached hydrogen (secondary N) is 1. The number of hydrogen-bond donors (Lipinski definition) is 1. The van der Waals surface area contributed by atoms with Gasteiger partial charge in [-0.15, -0.1) is 10.2 Å². The molecule has 19 heavy (non-hydrogen) atoms. The normalized spacial score (nSPS) is 16.1. The molecule has 1 aromatic carbocycles. The van der Waals surface area contributed by atoms with Gasteiger partial charge in [-0.05, 0) is 31.9 Å². The van der Waals surface area contributed by atoms with Gasteiger partial charge in [0.25, 0.3) is 0 Å². The van der Waals surface area contributed by atoms with Crippen LogP contribution in [0.1, 0.15) is 37.1 Å². The maximum atomic E-state index is 5.70. The van der Waals surface area contributed by atoms with Crippen LogP contribution >= 0.6 is 0 Å². The standard InChI is InChI=1S/C15H19N3O/c1-11-5-4-6-12(9-11)15-18-17-14(19-15)10-16-13-7-2-3-8-13/h4-6,9,13,16H,2-3,7-8,10H2,1H3. The lowest BCUT2D eigenvalue weighted by molar-refractivity contribution is 0.440. The molecule has 100 valence electrons. The van der Waals surface area contributed by atoms with Crippen molar-refractivity contribution in [2.45, 2.75) is 45.2 Å². The van der Waals surface area contributed by atoms with E-state index in [0.29, 0.717) is 24.4 Å². The Labute approximate surface area is 113 Å². The van der Waals surface area contributed by atoms with E-state index >= 15 is 0 Å². The van der Waals surface area contributed by atoms with Crippen LogP contribution in [-0.2, 0) is 6.54 Å². The van der Waals surface area contributed by atoms with Gasteiger partial charge in [0.2, 0.25) is 11.8 Å². The summed E-state index contributed by atoms with van der Waals surface area (Å²) in [6.07, 6.45) is 5.18. The van der Waals surface area contributed by atoms with Crippen LogP contribution in [0.3, 0.4) is 0 Å². The minimum atomic E-state index is 0.604. The quantitative estimate of drug-likeness (QED) is 0.914. The molecule has 4 nitrogen and oxygen atoms in total. The third-order valence-corrected chi connectivity index (χ3v) is 3.63. The van der Waals surface area contributed by atoms with Crippen LogP contribution < -0.4 is 5.32 Å². The maximum absolute atomic E-state index is 5.70. The van der Waals surface area contributed by atoms with Crippen molar-refractivity contribution in [2.24, 2.45) is 0 Å². The van der Waals surface area contributed by atoms with Crippen LogP contribution in [0.2, 0.25) is 0 Å². The molecular formula is C15H19N3O. The highest BCUT2D eigenvalue weighted by Gasteiger charge is 2.15. The fraction of sp³-hybridized carbons (Fsp3) is 0.467. The van der Waals surface area contributed by atoms with Gasteiger partial charge in [0.1, 0.15) is 0 Å². The molecule has 0 atom stereocenters. The Hall–Kier alpha value is -1.68. The van der Waals surface area contributed by atoms with Crippen LogP contribution in [0, 0.1) is 6.92 Å². The third-order valence-electron chi connectivity index (χ3n) is 3.63. The lowest BCUT2D eigenvalue weighted by Crippen LogP contribution is -2.25. The van der Waals surface area contributed by atoms with Gasteiger partial charge < -0.3 is 9.73 Å². The molecule has 1 saturated carbocycles. The molecule has 1 fully saturated rings. The van der Waals surface area contributed by atoms with Crippen molar-refractivity contribution >= 4 is 0 Å². The van der Waals surface area contributed by atoms with E-state index in [1.54, 1.807) is 0 Å². The molecule has 2 aromatic rings. The highest BCUT2D eigenvalue weighted by atomic mass is 16.4. The lowest BCUT2D eigenvalue weighted by Gasteiger charge is -2.08. The first-order valence-corrected chi connectivity index (χ1v) is 6.94. The minimum Gasteiger partial charge on any atom is -0.419 e. The Morgan fingerprint density at radius 1 is 1.26 bits per heavy atom. The molecule has 4 heteroatoms. The molecule has 1 N–H and O–H groups in total. The van der Waals surface area contributed by atoms with Crippen molar-refractivity contribution in [3.63, 3.8) is 0 Å². The Bertz CT molecular complexity index is 544. The molecule has 0 amide bonds. The Kier molecular flexibility index (Phi) is 3.60. The van der Waals surface area contributed by atoms with Gasteiger partial charge in [-0.1, -0.05) is 30.5 Å². The van der Waals surface area contributed by atoms with Crippen molar-refractivity contribution < 1.29 is 4.42 Å². The van der Waals surface area contributed by atoms with Gasteiger partial charge in [-0.25, -0.2) is 0 Å². The van der Waals surface area contributed by atoms with E-state index in [1.807, 2.05) is 12.1 Å². The molecule has 0 bridgehead atoms. The largest absolute Gasteiger partial charge is 0.419 e. The van der Waals surface area contributed by atoms with E-state index in [0.717, 1.165) is 5.56 Å². The number of nitrogens with zero attached hydrogens (tertiary/aromatic N) is 2. The maximum Gasteiger partial charge on any atom is 0.247 e. The average Bonchev–Trinajstić information content (AvgIpc) is 3.08. The molecule has 1 aliphatic rings. The number of rotatable bonds is 4.